The fourth-order valence-corrected chi connectivity index (χ4v) is 3.83. The molecule has 0 heterocycles. The molecule has 0 spiro atoms. The monoisotopic (exact) mass is 710 g/mol. The van der Waals surface area contributed by atoms with Crippen LogP contribution in [0, 0.1) is 35.4 Å². The predicted molar refractivity (Wildman–Crippen MR) is 173 cm³/mol. The van der Waals surface area contributed by atoms with E-state index in [4.69, 9.17) is 23.2 Å². The number of carbonyl (C=O) groups excluding carboxylic acids is 2. The van der Waals surface area contributed by atoms with Gasteiger partial charge >= 0.3 is 21.7 Å². The molecule has 47 heavy (non-hydrogen) atoms. The van der Waals surface area contributed by atoms with E-state index in [0.29, 0.717) is 0 Å². The third-order valence-corrected chi connectivity index (χ3v) is 6.23. The Bertz CT molecular complexity index is 1650. The van der Waals surface area contributed by atoms with Gasteiger partial charge in [0, 0.05) is 23.3 Å². The van der Waals surface area contributed by atoms with Crippen LogP contribution in [0.3, 0.4) is 0 Å². The molecular weight excluding hydrogens is 687 g/mol. The maximum Gasteiger partial charge on any atom is 4.00 e. The van der Waals surface area contributed by atoms with Gasteiger partial charge in [-0.3, -0.25) is 9.59 Å². The zero-order chi connectivity index (χ0) is 33.3. The van der Waals surface area contributed by atoms with E-state index in [9.17, 15) is 27.2 Å². The number of amides is 2. The molecule has 0 fully saturated rings. The zero-order valence-corrected chi connectivity index (χ0v) is 27.4. The van der Waals surface area contributed by atoms with Crippen molar-refractivity contribution in [1.82, 2.24) is 0 Å². The molecule has 0 unspecified atom stereocenters. The number of nitrogens with one attached hydrogen (secondary N) is 2. The van der Waals surface area contributed by atoms with E-state index in [1.54, 1.807) is 36.4 Å². The van der Waals surface area contributed by atoms with Crippen molar-refractivity contribution < 1.29 is 48.9 Å². The predicted octanol–water partition coefficient (Wildman–Crippen LogP) is 10.1. The van der Waals surface area contributed by atoms with Crippen molar-refractivity contribution in [3.05, 3.63) is 190 Å². The van der Waals surface area contributed by atoms with Crippen molar-refractivity contribution >= 4 is 46.4 Å². The van der Waals surface area contributed by atoms with Gasteiger partial charge in [0.1, 0.15) is 0 Å². The van der Waals surface area contributed by atoms with Gasteiger partial charge in [-0.05, 0) is 35.6 Å². The van der Waals surface area contributed by atoms with E-state index in [-0.39, 0.29) is 54.3 Å². The van der Waals surface area contributed by atoms with Crippen LogP contribution >= 0.6 is 23.2 Å². The van der Waals surface area contributed by atoms with Gasteiger partial charge in [0.15, 0.2) is 0 Å². The second-order valence-corrected chi connectivity index (χ2v) is 9.67. The van der Waals surface area contributed by atoms with Gasteiger partial charge in [-0.25, -0.2) is 41.8 Å². The Morgan fingerprint density at radius 3 is 1.15 bits per heavy atom. The van der Waals surface area contributed by atoms with Crippen LogP contribution in [0.15, 0.2) is 133 Å². The fourth-order valence-electron chi connectivity index (χ4n) is 3.39. The Hall–Kier alpha value is -4.47. The quantitative estimate of drug-likeness (QED) is 0.109. The van der Waals surface area contributed by atoms with Gasteiger partial charge in [-0.2, -0.15) is 36.4 Å². The summed E-state index contributed by atoms with van der Waals surface area (Å²) in [6.07, 6.45) is 0. The summed E-state index contributed by atoms with van der Waals surface area (Å²) in [6.45, 7) is 0. The maximum absolute atomic E-state index is 13.3. The van der Waals surface area contributed by atoms with E-state index in [0.717, 1.165) is 24.3 Å². The summed E-state index contributed by atoms with van der Waals surface area (Å²) < 4.78 is 51.9. The van der Waals surface area contributed by atoms with Crippen LogP contribution in [0.1, 0.15) is 20.7 Å². The minimum atomic E-state index is -0.963. The smallest absolute Gasteiger partial charge is 0.373 e. The summed E-state index contributed by atoms with van der Waals surface area (Å²) in [5, 5.41) is 5.10. The average molecular weight is 711 g/mol. The van der Waals surface area contributed by atoms with Gasteiger partial charge in [-0.1, -0.05) is 47.5 Å². The van der Waals surface area contributed by atoms with Crippen molar-refractivity contribution in [3.63, 3.8) is 0 Å². The second-order valence-electron chi connectivity index (χ2n) is 8.86. The van der Waals surface area contributed by atoms with Crippen molar-refractivity contribution in [3.8, 4) is 0 Å². The van der Waals surface area contributed by atoms with Gasteiger partial charge < -0.3 is 10.6 Å². The molecule has 0 radical (unpaired) electrons. The molecule has 2 N–H and O–H groups in total. The molecule has 4 nitrogen and oxygen atoms in total. The minimum Gasteiger partial charge on any atom is -0.373 e. The molecule has 0 bridgehead atoms. The first-order valence-corrected chi connectivity index (χ1v) is 14.1. The van der Waals surface area contributed by atoms with Crippen molar-refractivity contribution in [2.24, 2.45) is 0 Å². The number of rotatable bonds is 4. The van der Waals surface area contributed by atoms with Crippen molar-refractivity contribution in [1.29, 1.82) is 0 Å². The molecule has 6 aromatic carbocycles. The molecule has 236 valence electrons. The summed E-state index contributed by atoms with van der Waals surface area (Å²) >= 11 is 11.7. The van der Waals surface area contributed by atoms with Crippen LogP contribution in [0.2, 0.25) is 10.0 Å². The Kier molecular flexibility index (Phi) is 17.0. The molecule has 0 aliphatic carbocycles. The molecule has 0 aliphatic heterocycles. The maximum atomic E-state index is 13.3. The molecule has 0 saturated heterocycles. The normalized spacial score (nSPS) is 9.49. The van der Waals surface area contributed by atoms with Crippen molar-refractivity contribution in [2.75, 3.05) is 10.6 Å². The van der Waals surface area contributed by atoms with Gasteiger partial charge in [0.05, 0.1) is 21.2 Å². The number of hydrogen-bond donors (Lipinski definition) is 2. The van der Waals surface area contributed by atoms with Crippen LogP contribution < -0.4 is 10.6 Å². The SMILES string of the molecule is O=C(Nc1ccc(F)[c-]c1F)c1ccccc1Cl.O=C(Nc1ccc(F)[c-]c1F)c1ccccc1Cl.[Ti+4].c1cc[cH-]c1.c1cc[cH-]c1. The molecule has 6 aromatic rings. The molecule has 0 saturated carbocycles. The average Bonchev–Trinajstić information content (AvgIpc) is 3.81. The molecule has 0 aromatic heterocycles. The Labute approximate surface area is 294 Å². The third-order valence-electron chi connectivity index (χ3n) is 5.57. The van der Waals surface area contributed by atoms with Crippen molar-refractivity contribution in [2.45, 2.75) is 0 Å². The van der Waals surface area contributed by atoms with Crippen LogP contribution in [-0.2, 0) is 21.7 Å². The van der Waals surface area contributed by atoms with E-state index in [1.807, 2.05) is 72.8 Å². The van der Waals surface area contributed by atoms with Crippen LogP contribution in [0.25, 0.3) is 0 Å². The largest absolute Gasteiger partial charge is 4.00 e. The molecular formula is C36H24Cl2F4N2O2Ti. The first-order chi connectivity index (χ1) is 22.2. The van der Waals surface area contributed by atoms with Gasteiger partial charge in [0.2, 0.25) is 11.8 Å². The summed E-state index contributed by atoms with van der Waals surface area (Å²) in [5.41, 5.74) is 0.119. The third kappa shape index (κ3) is 13.4. The first kappa shape index (κ1) is 38.7. The Morgan fingerprint density at radius 1 is 0.532 bits per heavy atom. The molecule has 0 atom stereocenters. The number of halogens is 6. The van der Waals surface area contributed by atoms with Gasteiger partial charge in [0.25, 0.3) is 0 Å². The van der Waals surface area contributed by atoms with Gasteiger partial charge in [-0.15, -0.1) is 36.4 Å². The fraction of sp³-hybridized carbons (Fsp3) is 0. The zero-order valence-electron chi connectivity index (χ0n) is 24.3. The topological polar surface area (TPSA) is 58.2 Å². The van der Waals surface area contributed by atoms with E-state index in [1.165, 1.54) is 12.1 Å². The summed E-state index contributed by atoms with van der Waals surface area (Å²) in [6, 6.07) is 40.6. The van der Waals surface area contributed by atoms with Crippen LogP contribution in [0.5, 0.6) is 0 Å². The molecule has 2 amide bonds. The Morgan fingerprint density at radius 2 is 0.872 bits per heavy atom. The first-order valence-electron chi connectivity index (χ1n) is 13.4. The minimum absolute atomic E-state index is 0. The summed E-state index contributed by atoms with van der Waals surface area (Å²) in [4.78, 5) is 23.6. The molecule has 6 rings (SSSR count). The van der Waals surface area contributed by atoms with E-state index in [2.05, 4.69) is 10.6 Å². The number of benzene rings is 4. The molecule has 11 heteroatoms. The second kappa shape index (κ2) is 20.6. The van der Waals surface area contributed by atoms with E-state index >= 15 is 0 Å². The number of carbonyl (C=O) groups is 2. The van der Waals surface area contributed by atoms with Crippen LogP contribution in [-0.4, -0.2) is 11.8 Å². The number of anilines is 2. The Balaban J connectivity index is 0.000000248. The summed E-state index contributed by atoms with van der Waals surface area (Å²) in [7, 11) is 0. The summed E-state index contributed by atoms with van der Waals surface area (Å²) in [5.74, 6) is -4.73. The molecule has 0 aliphatic rings. The van der Waals surface area contributed by atoms with Crippen LogP contribution in [0.4, 0.5) is 28.9 Å². The standard InChI is InChI=1S/2C13H7ClF2NO.2C5H5.Ti/c2*14-10-4-2-1-3-9(10)13(18)17-12-6-5-8(15)7-11(12)16;2*1-2-4-5-3-1;/h2*1-6H,(H,17,18);2*1-5H;/q4*-1;+4. The number of hydrogen-bond acceptors (Lipinski definition) is 2. The van der Waals surface area contributed by atoms with E-state index < -0.39 is 35.1 Å².